The number of hydrogen-bond donors (Lipinski definition) is 1. The van der Waals surface area contributed by atoms with E-state index >= 15 is 0 Å². The molecule has 0 saturated heterocycles. The molecular formula is C18H26ClN3O3S. The maximum atomic E-state index is 8.36. The zero-order valence-electron chi connectivity index (χ0n) is 15.0. The monoisotopic (exact) mass is 399 g/mol. The zero-order chi connectivity index (χ0) is 19.2. The highest BCUT2D eigenvalue weighted by Crippen LogP contribution is 2.25. The molecule has 1 heterocycles. The molecule has 1 atom stereocenters. The van der Waals surface area contributed by atoms with Gasteiger partial charge >= 0.3 is 0 Å². The van der Waals surface area contributed by atoms with Crippen LogP contribution in [0.4, 0.5) is 0 Å². The van der Waals surface area contributed by atoms with E-state index in [4.69, 9.17) is 26.9 Å². The topological polar surface area (TPSA) is 81.2 Å². The second kappa shape index (κ2) is 13.5. The summed E-state index contributed by atoms with van der Waals surface area (Å²) in [6.07, 6.45) is 12.4. The lowest BCUT2D eigenvalue weighted by atomic mass is 10.1. The lowest BCUT2D eigenvalue weighted by Crippen LogP contribution is -2.12. The molecule has 2 rings (SSSR count). The van der Waals surface area contributed by atoms with E-state index in [1.54, 1.807) is 0 Å². The van der Waals surface area contributed by atoms with Crippen LogP contribution >= 0.6 is 23.4 Å². The van der Waals surface area contributed by atoms with E-state index in [9.17, 15) is 0 Å². The Morgan fingerprint density at radius 2 is 2.00 bits per heavy atom. The van der Waals surface area contributed by atoms with E-state index in [0.717, 1.165) is 17.3 Å². The quantitative estimate of drug-likeness (QED) is 0.326. The van der Waals surface area contributed by atoms with Crippen LogP contribution in [0.2, 0.25) is 5.02 Å². The van der Waals surface area contributed by atoms with Gasteiger partial charge in [0.25, 0.3) is 5.09 Å². The van der Waals surface area contributed by atoms with Crippen molar-refractivity contribution >= 4 is 23.4 Å². The van der Waals surface area contributed by atoms with Gasteiger partial charge in [0.15, 0.2) is 0 Å². The standard InChI is InChI=1S/C18H25ClN2S.HNO3/c1-2-3-4-5-6-18(13-21-12-11-20-15-21)22-14-16-7-9-17(19)10-8-16;2-1(3)4/h7-12,15,18H,2-6,13-14H2,1H3;(H,2,3,4). The summed E-state index contributed by atoms with van der Waals surface area (Å²) in [7, 11) is 0. The van der Waals surface area contributed by atoms with Gasteiger partial charge in [0.05, 0.1) is 6.33 Å². The van der Waals surface area contributed by atoms with E-state index in [2.05, 4.69) is 34.8 Å². The van der Waals surface area contributed by atoms with Crippen molar-refractivity contribution in [1.29, 1.82) is 0 Å². The van der Waals surface area contributed by atoms with Gasteiger partial charge in [-0.3, -0.25) is 0 Å². The number of benzene rings is 1. The van der Waals surface area contributed by atoms with Crippen LogP contribution in [0.1, 0.15) is 44.6 Å². The number of aromatic nitrogens is 2. The molecule has 8 heteroatoms. The van der Waals surface area contributed by atoms with Crippen molar-refractivity contribution in [3.63, 3.8) is 0 Å². The number of thioether (sulfide) groups is 1. The molecule has 0 aliphatic rings. The molecule has 1 aromatic heterocycles. The van der Waals surface area contributed by atoms with Gasteiger partial charge in [-0.2, -0.15) is 11.8 Å². The van der Waals surface area contributed by atoms with E-state index in [0.29, 0.717) is 5.25 Å². The molecule has 144 valence electrons. The molecule has 6 nitrogen and oxygen atoms in total. The van der Waals surface area contributed by atoms with Crippen LogP contribution in [0.3, 0.4) is 0 Å². The predicted molar refractivity (Wildman–Crippen MR) is 106 cm³/mol. The van der Waals surface area contributed by atoms with Gasteiger partial charge < -0.3 is 9.77 Å². The third-order valence-corrected chi connectivity index (χ3v) is 5.36. The fourth-order valence-electron chi connectivity index (χ4n) is 2.45. The first-order valence-corrected chi connectivity index (χ1v) is 10.1. The van der Waals surface area contributed by atoms with Crippen LogP contribution in [0.15, 0.2) is 43.0 Å². The van der Waals surface area contributed by atoms with Crippen LogP contribution in [-0.4, -0.2) is 25.1 Å². The van der Waals surface area contributed by atoms with Crippen molar-refractivity contribution in [3.8, 4) is 0 Å². The van der Waals surface area contributed by atoms with Gasteiger partial charge in [0.1, 0.15) is 0 Å². The van der Waals surface area contributed by atoms with Crippen molar-refractivity contribution in [1.82, 2.24) is 9.55 Å². The maximum Gasteiger partial charge on any atom is 0.291 e. The van der Waals surface area contributed by atoms with Crippen LogP contribution in [0, 0.1) is 10.1 Å². The average molecular weight is 400 g/mol. The van der Waals surface area contributed by atoms with E-state index in [-0.39, 0.29) is 0 Å². The number of imidazole rings is 1. The summed E-state index contributed by atoms with van der Waals surface area (Å²) in [6.45, 7) is 3.31. The average Bonchev–Trinajstić information content (AvgIpc) is 3.10. The third-order valence-electron chi connectivity index (χ3n) is 3.75. The highest BCUT2D eigenvalue weighted by Gasteiger charge is 2.10. The third kappa shape index (κ3) is 11.0. The Morgan fingerprint density at radius 3 is 2.58 bits per heavy atom. The molecule has 0 fully saturated rings. The minimum Gasteiger partial charge on any atom is -0.336 e. The van der Waals surface area contributed by atoms with Crippen molar-refractivity contribution in [2.45, 2.75) is 56.6 Å². The minimum atomic E-state index is -1.50. The molecule has 2 aromatic rings. The van der Waals surface area contributed by atoms with Crippen LogP contribution in [0.25, 0.3) is 0 Å². The molecule has 1 unspecified atom stereocenters. The smallest absolute Gasteiger partial charge is 0.291 e. The second-order valence-corrected chi connectivity index (χ2v) is 7.63. The van der Waals surface area contributed by atoms with Crippen LogP contribution in [-0.2, 0) is 12.3 Å². The lowest BCUT2D eigenvalue weighted by Gasteiger charge is -2.17. The fourth-order valence-corrected chi connectivity index (χ4v) is 3.81. The predicted octanol–water partition coefficient (Wildman–Crippen LogP) is 5.46. The molecular weight excluding hydrogens is 374 g/mol. The number of hydrogen-bond acceptors (Lipinski definition) is 4. The van der Waals surface area contributed by atoms with Gasteiger partial charge in [-0.25, -0.2) is 4.98 Å². The summed E-state index contributed by atoms with van der Waals surface area (Å²) in [6, 6.07) is 8.20. The van der Waals surface area contributed by atoms with Crippen molar-refractivity contribution < 1.29 is 10.3 Å². The van der Waals surface area contributed by atoms with E-state index in [1.165, 1.54) is 37.7 Å². The number of rotatable bonds is 10. The van der Waals surface area contributed by atoms with E-state index < -0.39 is 5.09 Å². The van der Waals surface area contributed by atoms with E-state index in [1.807, 2.05) is 36.4 Å². The van der Waals surface area contributed by atoms with Crippen molar-refractivity contribution in [3.05, 3.63) is 63.7 Å². The van der Waals surface area contributed by atoms with Gasteiger partial charge in [-0.15, -0.1) is 10.1 Å². The number of nitrogens with zero attached hydrogens (tertiary/aromatic N) is 3. The Morgan fingerprint density at radius 1 is 1.31 bits per heavy atom. The SMILES string of the molecule is CCCCCCC(Cn1ccnc1)SCc1ccc(Cl)cc1.O=[N+]([O-])O. The first-order chi connectivity index (χ1) is 12.5. The molecule has 0 saturated carbocycles. The highest BCUT2D eigenvalue weighted by atomic mass is 35.5. The Bertz CT molecular complexity index is 605. The number of halogens is 1. The van der Waals surface area contributed by atoms with Crippen LogP contribution < -0.4 is 0 Å². The zero-order valence-corrected chi connectivity index (χ0v) is 16.5. The summed E-state index contributed by atoms with van der Waals surface area (Å²) < 4.78 is 2.19. The van der Waals surface area contributed by atoms with Gasteiger partial charge in [0, 0.05) is 35.0 Å². The molecule has 0 radical (unpaired) electrons. The summed E-state index contributed by atoms with van der Waals surface area (Å²) in [5.74, 6) is 1.05. The molecule has 0 spiro atoms. The molecule has 0 aliphatic heterocycles. The highest BCUT2D eigenvalue weighted by molar-refractivity contribution is 7.99. The van der Waals surface area contributed by atoms with Gasteiger partial charge in [0.2, 0.25) is 0 Å². The first kappa shape index (κ1) is 22.3. The lowest BCUT2D eigenvalue weighted by molar-refractivity contribution is -0.742. The molecule has 0 aliphatic carbocycles. The molecule has 1 N–H and O–H groups in total. The van der Waals surface area contributed by atoms with Gasteiger partial charge in [-0.05, 0) is 24.1 Å². The van der Waals surface area contributed by atoms with Gasteiger partial charge in [-0.1, -0.05) is 56.3 Å². The molecule has 26 heavy (non-hydrogen) atoms. The molecule has 1 aromatic carbocycles. The molecule has 0 amide bonds. The summed E-state index contributed by atoms with van der Waals surface area (Å²) >= 11 is 8.00. The Hall–Kier alpha value is -1.73. The molecule has 0 bridgehead atoms. The summed E-state index contributed by atoms with van der Waals surface area (Å²) in [5.41, 5.74) is 1.35. The minimum absolute atomic E-state index is 0.640. The summed E-state index contributed by atoms with van der Waals surface area (Å²) in [4.78, 5) is 12.5. The normalized spacial score (nSPS) is 11.5. The van der Waals surface area contributed by atoms with Crippen LogP contribution in [0.5, 0.6) is 0 Å². The maximum absolute atomic E-state index is 8.36. The Balaban J connectivity index is 0.000000765. The van der Waals surface area contributed by atoms with Crippen molar-refractivity contribution in [2.75, 3.05) is 0 Å². The summed E-state index contributed by atoms with van der Waals surface area (Å²) in [5, 5.41) is 15.1. The fraction of sp³-hybridized carbons (Fsp3) is 0.500. The first-order valence-electron chi connectivity index (χ1n) is 8.66. The second-order valence-electron chi connectivity index (χ2n) is 5.91. The number of unbranched alkanes of at least 4 members (excludes halogenated alkanes) is 3. The van der Waals surface area contributed by atoms with Crippen molar-refractivity contribution in [2.24, 2.45) is 0 Å². The Kier molecular flexibility index (Phi) is 11.6. The Labute approximate surface area is 163 Å². The largest absolute Gasteiger partial charge is 0.336 e.